The number of fused-ring (bicyclic) bond motifs is 1. The Bertz CT molecular complexity index is 1760. The van der Waals surface area contributed by atoms with Crippen molar-refractivity contribution in [1.29, 1.82) is 0 Å². The van der Waals surface area contributed by atoms with Gasteiger partial charge in [0.1, 0.15) is 16.4 Å². The summed E-state index contributed by atoms with van der Waals surface area (Å²) in [5.74, 6) is -0.687. The minimum absolute atomic E-state index is 0.0159. The number of amides is 1. The van der Waals surface area contributed by atoms with E-state index in [0.29, 0.717) is 27.8 Å². The third kappa shape index (κ3) is 6.30. The molecule has 40 heavy (non-hydrogen) atoms. The molecular formula is C28H27N3O8S. The first-order valence-electron chi connectivity index (χ1n) is 12.0. The second kappa shape index (κ2) is 11.6. The summed E-state index contributed by atoms with van der Waals surface area (Å²) >= 11 is 0. The molecule has 0 bridgehead atoms. The number of esters is 1. The lowest BCUT2D eigenvalue weighted by atomic mass is 10.1. The molecule has 4 aromatic rings. The fourth-order valence-electron chi connectivity index (χ4n) is 4.01. The number of benzene rings is 3. The minimum Gasteiger partial charge on any atom is -0.495 e. The predicted molar refractivity (Wildman–Crippen MR) is 148 cm³/mol. The van der Waals surface area contributed by atoms with Crippen LogP contribution in [0.25, 0.3) is 10.9 Å². The van der Waals surface area contributed by atoms with E-state index >= 15 is 0 Å². The molecule has 2 N–H and O–H groups in total. The third-order valence-electron chi connectivity index (χ3n) is 5.96. The second-order valence-corrected chi connectivity index (χ2v) is 10.5. The van der Waals surface area contributed by atoms with Gasteiger partial charge in [0.15, 0.2) is 0 Å². The van der Waals surface area contributed by atoms with Crippen LogP contribution in [0.4, 0.5) is 5.69 Å². The SMILES string of the molecule is COc1ccc(C(=O)NOCc2ccc(OC(C)=O)cc2)cc1S(=O)(=O)Nc1ccc2c(c1)cc(C)c(=O)n2C. The van der Waals surface area contributed by atoms with Crippen LogP contribution in [0.5, 0.6) is 11.5 Å². The summed E-state index contributed by atoms with van der Waals surface area (Å²) in [4.78, 5) is 41.0. The van der Waals surface area contributed by atoms with E-state index in [0.717, 1.165) is 0 Å². The summed E-state index contributed by atoms with van der Waals surface area (Å²) in [5, 5.41) is 0.679. The van der Waals surface area contributed by atoms with Gasteiger partial charge in [-0.15, -0.1) is 0 Å². The molecule has 0 spiro atoms. The van der Waals surface area contributed by atoms with Crippen molar-refractivity contribution in [3.05, 3.63) is 93.8 Å². The molecule has 0 atom stereocenters. The van der Waals surface area contributed by atoms with Crippen LogP contribution in [0, 0.1) is 6.92 Å². The number of rotatable bonds is 9. The van der Waals surface area contributed by atoms with Gasteiger partial charge in [0, 0.05) is 36.2 Å². The number of nitrogens with zero attached hydrogens (tertiary/aromatic N) is 1. The second-order valence-electron chi connectivity index (χ2n) is 8.89. The van der Waals surface area contributed by atoms with Gasteiger partial charge >= 0.3 is 5.97 Å². The van der Waals surface area contributed by atoms with E-state index in [1.165, 1.54) is 36.8 Å². The summed E-state index contributed by atoms with van der Waals surface area (Å²) in [5.41, 5.74) is 4.31. The van der Waals surface area contributed by atoms with Gasteiger partial charge in [-0.25, -0.2) is 13.9 Å². The molecule has 0 saturated carbocycles. The van der Waals surface area contributed by atoms with Gasteiger partial charge in [-0.1, -0.05) is 12.1 Å². The fourth-order valence-corrected chi connectivity index (χ4v) is 5.26. The molecule has 0 aliphatic heterocycles. The van der Waals surface area contributed by atoms with Crippen molar-refractivity contribution in [1.82, 2.24) is 10.0 Å². The van der Waals surface area contributed by atoms with E-state index in [-0.39, 0.29) is 34.1 Å². The highest BCUT2D eigenvalue weighted by Gasteiger charge is 2.22. The average molecular weight is 566 g/mol. The van der Waals surface area contributed by atoms with E-state index in [9.17, 15) is 22.8 Å². The number of carbonyl (C=O) groups is 2. The van der Waals surface area contributed by atoms with Crippen LogP contribution >= 0.6 is 0 Å². The average Bonchev–Trinajstić information content (AvgIpc) is 2.91. The van der Waals surface area contributed by atoms with Crippen molar-refractivity contribution >= 4 is 38.5 Å². The summed E-state index contributed by atoms with van der Waals surface area (Å²) in [7, 11) is -1.22. The molecule has 11 nitrogen and oxygen atoms in total. The lowest BCUT2D eigenvalue weighted by Crippen LogP contribution is -2.24. The van der Waals surface area contributed by atoms with Gasteiger partial charge in [0.05, 0.1) is 19.2 Å². The van der Waals surface area contributed by atoms with E-state index in [1.54, 1.807) is 62.5 Å². The number of methoxy groups -OCH3 is 1. The highest BCUT2D eigenvalue weighted by molar-refractivity contribution is 7.92. The van der Waals surface area contributed by atoms with Crippen LogP contribution in [0.15, 0.2) is 76.4 Å². The number of anilines is 1. The third-order valence-corrected chi connectivity index (χ3v) is 7.36. The maximum atomic E-state index is 13.3. The Morgan fingerprint density at radius 2 is 1.70 bits per heavy atom. The van der Waals surface area contributed by atoms with Crippen LogP contribution in [0.3, 0.4) is 0 Å². The van der Waals surface area contributed by atoms with Crippen LogP contribution in [0.2, 0.25) is 0 Å². The first-order chi connectivity index (χ1) is 19.0. The number of hydroxylamine groups is 1. The maximum absolute atomic E-state index is 13.3. The maximum Gasteiger partial charge on any atom is 0.308 e. The van der Waals surface area contributed by atoms with Crippen molar-refractivity contribution < 1.29 is 32.3 Å². The topological polar surface area (TPSA) is 142 Å². The number of pyridine rings is 1. The number of aryl methyl sites for hydroxylation is 2. The zero-order valence-corrected chi connectivity index (χ0v) is 23.0. The molecular weight excluding hydrogens is 538 g/mol. The zero-order valence-electron chi connectivity index (χ0n) is 22.2. The highest BCUT2D eigenvalue weighted by atomic mass is 32.2. The van der Waals surface area contributed by atoms with Crippen LogP contribution < -0.4 is 25.2 Å². The van der Waals surface area contributed by atoms with Crippen LogP contribution in [0.1, 0.15) is 28.4 Å². The van der Waals surface area contributed by atoms with Gasteiger partial charge < -0.3 is 14.0 Å². The van der Waals surface area contributed by atoms with E-state index < -0.39 is 21.9 Å². The molecule has 0 aliphatic rings. The Hall–Kier alpha value is -4.68. The predicted octanol–water partition coefficient (Wildman–Crippen LogP) is 3.44. The Balaban J connectivity index is 1.50. The molecule has 0 radical (unpaired) electrons. The van der Waals surface area contributed by atoms with E-state index in [2.05, 4.69) is 10.2 Å². The Kier molecular flexibility index (Phi) is 8.21. The summed E-state index contributed by atoms with van der Waals surface area (Å²) in [6, 6.07) is 17.0. The number of sulfonamides is 1. The van der Waals surface area contributed by atoms with Crippen LogP contribution in [-0.4, -0.2) is 32.0 Å². The molecule has 1 aromatic heterocycles. The number of carbonyl (C=O) groups excluding carboxylic acids is 2. The van der Waals surface area contributed by atoms with Gasteiger partial charge in [-0.05, 0) is 67.1 Å². The van der Waals surface area contributed by atoms with Crippen molar-refractivity contribution in [2.75, 3.05) is 11.8 Å². The van der Waals surface area contributed by atoms with Crippen molar-refractivity contribution in [2.24, 2.45) is 7.05 Å². The molecule has 0 unspecified atom stereocenters. The van der Waals surface area contributed by atoms with Gasteiger partial charge in [0.25, 0.3) is 21.5 Å². The first kappa shape index (κ1) is 28.3. The number of ether oxygens (including phenoxy) is 2. The standard InChI is InChI=1S/C28H27N3O8S/c1-17-13-21-14-22(8-11-24(21)31(3)28(17)34)30-40(35,36)26-15-20(7-12-25(26)37-4)27(33)29-38-16-19-5-9-23(10-6-19)39-18(2)32/h5-15,30H,16H2,1-4H3,(H,29,33). The van der Waals surface area contributed by atoms with Gasteiger partial charge in [-0.3, -0.25) is 23.9 Å². The first-order valence-corrected chi connectivity index (χ1v) is 13.5. The molecule has 0 aliphatic carbocycles. The lowest BCUT2D eigenvalue weighted by Gasteiger charge is -2.14. The molecule has 4 rings (SSSR count). The molecule has 1 heterocycles. The minimum atomic E-state index is -4.19. The smallest absolute Gasteiger partial charge is 0.308 e. The Morgan fingerprint density at radius 3 is 2.38 bits per heavy atom. The molecule has 0 saturated heterocycles. The normalized spacial score (nSPS) is 11.2. The molecule has 12 heteroatoms. The Labute approximate surface area is 230 Å². The molecule has 0 fully saturated rings. The zero-order chi connectivity index (χ0) is 29.0. The number of aromatic nitrogens is 1. The van der Waals surface area contributed by atoms with Crippen molar-refractivity contribution in [3.8, 4) is 11.5 Å². The fraction of sp³-hybridized carbons (Fsp3) is 0.179. The monoisotopic (exact) mass is 565 g/mol. The van der Waals surface area contributed by atoms with Crippen molar-refractivity contribution in [3.63, 3.8) is 0 Å². The molecule has 1 amide bonds. The van der Waals surface area contributed by atoms with E-state index in [1.807, 2.05) is 0 Å². The summed E-state index contributed by atoms with van der Waals surface area (Å²) in [6.45, 7) is 3.00. The number of hydrogen-bond donors (Lipinski definition) is 2. The van der Waals surface area contributed by atoms with E-state index in [4.69, 9.17) is 14.3 Å². The van der Waals surface area contributed by atoms with Crippen LogP contribution in [-0.2, 0) is 33.3 Å². The number of hydrogen-bond acceptors (Lipinski definition) is 8. The van der Waals surface area contributed by atoms with Crippen molar-refractivity contribution in [2.45, 2.75) is 25.3 Å². The number of nitrogens with one attached hydrogen (secondary N) is 2. The summed E-state index contributed by atoms with van der Waals surface area (Å²) < 4.78 is 40.9. The Morgan fingerprint density at radius 1 is 0.975 bits per heavy atom. The largest absolute Gasteiger partial charge is 0.495 e. The summed E-state index contributed by atoms with van der Waals surface area (Å²) in [6.07, 6.45) is 0. The molecule has 3 aromatic carbocycles. The van der Waals surface area contributed by atoms with Gasteiger partial charge in [0.2, 0.25) is 0 Å². The highest BCUT2D eigenvalue weighted by Crippen LogP contribution is 2.28. The quantitative estimate of drug-likeness (QED) is 0.179. The van der Waals surface area contributed by atoms with Gasteiger partial charge in [-0.2, -0.15) is 0 Å². The lowest BCUT2D eigenvalue weighted by molar-refractivity contribution is -0.131. The molecule has 208 valence electrons.